The second kappa shape index (κ2) is 12.7. The number of methoxy groups -OCH3 is 1. The Morgan fingerprint density at radius 2 is 1.95 bits per heavy atom. The van der Waals surface area contributed by atoms with Gasteiger partial charge in [-0.3, -0.25) is 4.79 Å². The molecule has 1 aromatic heterocycles. The van der Waals surface area contributed by atoms with Gasteiger partial charge in [0.2, 0.25) is 10.0 Å². The van der Waals surface area contributed by atoms with Crippen LogP contribution in [0.15, 0.2) is 42.5 Å². The summed E-state index contributed by atoms with van der Waals surface area (Å²) in [5.74, 6) is -2.39. The summed E-state index contributed by atoms with van der Waals surface area (Å²) in [5, 5.41) is 9.35. The average molecular weight is 569 g/mol. The smallest absolute Gasteiger partial charge is 0.387 e. The van der Waals surface area contributed by atoms with E-state index in [9.17, 15) is 26.4 Å². The predicted molar refractivity (Wildman–Crippen MR) is 135 cm³/mol. The summed E-state index contributed by atoms with van der Waals surface area (Å²) in [4.78, 5) is 19.0. The van der Waals surface area contributed by atoms with Crippen LogP contribution in [-0.4, -0.2) is 45.4 Å². The van der Waals surface area contributed by atoms with E-state index in [0.29, 0.717) is 16.1 Å². The first-order valence-electron chi connectivity index (χ1n) is 11.0. The van der Waals surface area contributed by atoms with Crippen LogP contribution in [0.4, 0.5) is 24.0 Å². The van der Waals surface area contributed by atoms with Crippen molar-refractivity contribution in [1.29, 1.82) is 5.26 Å². The van der Waals surface area contributed by atoms with Crippen LogP contribution in [-0.2, 0) is 21.3 Å². The number of nitrogens with one attached hydrogen (secondary N) is 1. The highest BCUT2D eigenvalue weighted by atomic mass is 32.2. The number of benzene rings is 2. The molecule has 0 radical (unpaired) electrons. The highest BCUT2D eigenvalue weighted by Crippen LogP contribution is 2.34. The first kappa shape index (κ1) is 28.9. The van der Waals surface area contributed by atoms with Crippen LogP contribution in [0, 0.1) is 24.1 Å². The fourth-order valence-corrected chi connectivity index (χ4v) is 5.24. The Kier molecular flexibility index (Phi) is 9.67. The molecular weight excluding hydrogens is 545 g/mol. The third-order valence-electron chi connectivity index (χ3n) is 5.13. The van der Waals surface area contributed by atoms with Crippen LogP contribution < -0.4 is 14.4 Å². The molecule has 0 unspecified atom stereocenters. The molecule has 0 spiro atoms. The van der Waals surface area contributed by atoms with Crippen LogP contribution in [0.5, 0.6) is 5.75 Å². The number of hydrogen-bond donors (Lipinski definition) is 1. The lowest BCUT2D eigenvalue weighted by Gasteiger charge is -2.22. The minimum atomic E-state index is -3.93. The number of amides is 1. The maximum Gasteiger partial charge on any atom is 0.387 e. The highest BCUT2D eigenvalue weighted by molar-refractivity contribution is 7.90. The number of anilines is 2. The molecular formula is C24H23F3N4O5S2. The van der Waals surface area contributed by atoms with Gasteiger partial charge in [-0.2, -0.15) is 14.0 Å². The summed E-state index contributed by atoms with van der Waals surface area (Å²) < 4.78 is 75.3. The molecule has 0 aliphatic heterocycles. The number of ether oxygens (including phenoxy) is 2. The lowest BCUT2D eigenvalue weighted by atomic mass is 10.1. The molecule has 2 aromatic carbocycles. The average Bonchev–Trinajstić information content (AvgIpc) is 3.24. The number of aryl methyl sites for hydroxylation is 1. The Hall–Kier alpha value is -3.67. The lowest BCUT2D eigenvalue weighted by Crippen LogP contribution is -2.33. The van der Waals surface area contributed by atoms with Gasteiger partial charge in [0.1, 0.15) is 17.3 Å². The first-order valence-corrected chi connectivity index (χ1v) is 13.5. The molecule has 0 saturated heterocycles. The van der Waals surface area contributed by atoms with Gasteiger partial charge in [-0.25, -0.2) is 22.5 Å². The fraction of sp³-hybridized carbons (Fsp3) is 0.292. The molecule has 14 heteroatoms. The molecule has 1 amide bonds. The van der Waals surface area contributed by atoms with Crippen molar-refractivity contribution in [3.8, 4) is 11.8 Å². The normalized spacial score (nSPS) is 11.3. The van der Waals surface area contributed by atoms with Crippen LogP contribution in [0.1, 0.15) is 32.9 Å². The molecule has 38 heavy (non-hydrogen) atoms. The van der Waals surface area contributed by atoms with Gasteiger partial charge < -0.3 is 14.4 Å². The number of rotatable bonds is 12. The second-order valence-electron chi connectivity index (χ2n) is 7.87. The van der Waals surface area contributed by atoms with E-state index in [1.807, 2.05) is 10.8 Å². The summed E-state index contributed by atoms with van der Waals surface area (Å²) in [6, 6.07) is 11.6. The topological polar surface area (TPSA) is 122 Å². The zero-order valence-corrected chi connectivity index (χ0v) is 21.9. The summed E-state index contributed by atoms with van der Waals surface area (Å²) in [6.45, 7) is -1.44. The molecule has 202 valence electrons. The standard InChI is InChI=1S/C24H23F3N4O5S2/c1-15-21(22(32)30-38(33,34)11-3-10-35-2)29-24(37-15)31(18-7-4-16(13-28)5-8-18)14-17-6-9-19(12-20(17)25)36-23(26)27/h4-9,12,23H,3,10-11,14H2,1-2H3,(H,30,32). The van der Waals surface area contributed by atoms with Crippen molar-refractivity contribution in [2.75, 3.05) is 24.4 Å². The Morgan fingerprint density at radius 1 is 1.24 bits per heavy atom. The maximum atomic E-state index is 14.8. The Morgan fingerprint density at radius 3 is 2.55 bits per heavy atom. The molecule has 0 saturated carbocycles. The number of hydrogen-bond acceptors (Lipinski definition) is 9. The van der Waals surface area contributed by atoms with Gasteiger partial charge in [-0.05, 0) is 43.7 Å². The van der Waals surface area contributed by atoms with Gasteiger partial charge in [0.25, 0.3) is 5.91 Å². The number of carbonyl (C=O) groups is 1. The molecule has 1 heterocycles. The zero-order valence-electron chi connectivity index (χ0n) is 20.3. The van der Waals surface area contributed by atoms with E-state index >= 15 is 0 Å². The summed E-state index contributed by atoms with van der Waals surface area (Å²) in [7, 11) is -2.50. The second-order valence-corrected chi connectivity index (χ2v) is 10.9. The van der Waals surface area contributed by atoms with Crippen LogP contribution in [0.25, 0.3) is 0 Å². The largest absolute Gasteiger partial charge is 0.435 e. The number of nitriles is 1. The third-order valence-corrected chi connectivity index (χ3v) is 7.44. The van der Waals surface area contributed by atoms with Crippen LogP contribution in [0.3, 0.4) is 0 Å². The number of thiazole rings is 1. The maximum absolute atomic E-state index is 14.8. The third kappa shape index (κ3) is 7.67. The summed E-state index contributed by atoms with van der Waals surface area (Å²) in [5.41, 5.74) is 0.849. The van der Waals surface area contributed by atoms with Gasteiger partial charge in [0, 0.05) is 35.9 Å². The monoisotopic (exact) mass is 568 g/mol. The molecule has 0 fully saturated rings. The number of sulfonamides is 1. The molecule has 3 aromatic rings. The highest BCUT2D eigenvalue weighted by Gasteiger charge is 2.24. The molecule has 1 N–H and O–H groups in total. The van der Waals surface area contributed by atoms with E-state index in [2.05, 4.69) is 9.72 Å². The van der Waals surface area contributed by atoms with Crippen LogP contribution in [0.2, 0.25) is 0 Å². The Bertz CT molecular complexity index is 1420. The van der Waals surface area contributed by atoms with Gasteiger partial charge in [0.15, 0.2) is 5.13 Å². The SMILES string of the molecule is COCCCS(=O)(=O)NC(=O)c1nc(N(Cc2ccc(OC(F)F)cc2F)c2ccc(C#N)cc2)sc1C. The van der Waals surface area contributed by atoms with Crippen molar-refractivity contribution in [2.45, 2.75) is 26.5 Å². The number of alkyl halides is 2. The van der Waals surface area contributed by atoms with E-state index in [0.717, 1.165) is 17.4 Å². The molecule has 0 bridgehead atoms. The number of aromatic nitrogens is 1. The number of carbonyl (C=O) groups excluding carboxylic acids is 1. The summed E-state index contributed by atoms with van der Waals surface area (Å²) >= 11 is 1.07. The van der Waals surface area contributed by atoms with Crippen molar-refractivity contribution in [1.82, 2.24) is 9.71 Å². The zero-order chi connectivity index (χ0) is 27.9. The Labute approximate surface area is 221 Å². The van der Waals surface area contributed by atoms with Gasteiger partial charge in [-0.15, -0.1) is 11.3 Å². The van der Waals surface area contributed by atoms with Gasteiger partial charge in [-0.1, -0.05) is 6.07 Å². The van der Waals surface area contributed by atoms with Crippen LogP contribution >= 0.6 is 11.3 Å². The van der Waals surface area contributed by atoms with E-state index < -0.39 is 28.4 Å². The minimum absolute atomic E-state index is 0.107. The molecule has 0 atom stereocenters. The van der Waals surface area contributed by atoms with Crippen molar-refractivity contribution < 1.29 is 35.9 Å². The number of nitrogens with zero attached hydrogens (tertiary/aromatic N) is 3. The number of halogens is 3. The van der Waals surface area contributed by atoms with Gasteiger partial charge >= 0.3 is 6.61 Å². The fourth-order valence-electron chi connectivity index (χ4n) is 3.33. The molecule has 0 aliphatic carbocycles. The van der Waals surface area contributed by atoms with E-state index in [1.54, 1.807) is 36.1 Å². The minimum Gasteiger partial charge on any atom is -0.435 e. The quantitative estimate of drug-likeness (QED) is 0.317. The molecule has 0 aliphatic rings. The van der Waals surface area contributed by atoms with Crippen molar-refractivity contribution >= 4 is 38.1 Å². The predicted octanol–water partition coefficient (Wildman–Crippen LogP) is 4.50. The van der Waals surface area contributed by atoms with E-state index in [1.165, 1.54) is 19.2 Å². The Balaban J connectivity index is 1.93. The van der Waals surface area contributed by atoms with E-state index in [4.69, 9.17) is 10.00 Å². The molecule has 3 rings (SSSR count). The van der Waals surface area contributed by atoms with Gasteiger partial charge in [0.05, 0.1) is 23.9 Å². The lowest BCUT2D eigenvalue weighted by molar-refractivity contribution is -0.0500. The van der Waals surface area contributed by atoms with Crippen molar-refractivity contribution in [3.05, 3.63) is 70.0 Å². The molecule has 9 nitrogen and oxygen atoms in total. The van der Waals surface area contributed by atoms with Crippen molar-refractivity contribution in [3.63, 3.8) is 0 Å². The van der Waals surface area contributed by atoms with E-state index in [-0.39, 0.29) is 47.5 Å². The summed E-state index contributed by atoms with van der Waals surface area (Å²) in [6.07, 6.45) is 0.194. The first-order chi connectivity index (χ1) is 18.0. The van der Waals surface area contributed by atoms with Crippen molar-refractivity contribution in [2.24, 2.45) is 0 Å².